The van der Waals surface area contributed by atoms with Crippen LogP contribution in [0, 0.1) is 6.92 Å². The van der Waals surface area contributed by atoms with Crippen LogP contribution in [0.15, 0.2) is 24.3 Å². The van der Waals surface area contributed by atoms with E-state index >= 15 is 0 Å². The van der Waals surface area contributed by atoms with Crippen LogP contribution in [0.3, 0.4) is 0 Å². The Labute approximate surface area is 104 Å². The van der Waals surface area contributed by atoms with E-state index in [-0.39, 0.29) is 0 Å². The summed E-state index contributed by atoms with van der Waals surface area (Å²) in [7, 11) is 0. The average molecular weight is 234 g/mol. The summed E-state index contributed by atoms with van der Waals surface area (Å²) in [4.78, 5) is 2.46. The van der Waals surface area contributed by atoms with E-state index in [4.69, 9.17) is 4.74 Å². The van der Waals surface area contributed by atoms with Crippen molar-refractivity contribution in [1.82, 2.24) is 4.90 Å². The van der Waals surface area contributed by atoms with Crippen molar-refractivity contribution in [2.45, 2.75) is 20.0 Å². The van der Waals surface area contributed by atoms with Crippen molar-refractivity contribution < 1.29 is 4.74 Å². The molecule has 1 heterocycles. The lowest BCUT2D eigenvalue weighted by atomic mass is 10.2. The molecule has 0 aromatic heterocycles. The number of nitrogens with zero attached hydrogens (tertiary/aromatic N) is 1. The monoisotopic (exact) mass is 234 g/mol. The van der Waals surface area contributed by atoms with Gasteiger partial charge in [-0.25, -0.2) is 0 Å². The molecule has 0 aliphatic carbocycles. The van der Waals surface area contributed by atoms with Gasteiger partial charge < -0.3 is 10.1 Å². The molecule has 94 valence electrons. The van der Waals surface area contributed by atoms with Crippen LogP contribution in [-0.4, -0.2) is 43.8 Å². The highest BCUT2D eigenvalue weighted by molar-refractivity contribution is 5.50. The van der Waals surface area contributed by atoms with Gasteiger partial charge in [0.15, 0.2) is 0 Å². The molecule has 1 aliphatic rings. The number of anilines is 1. The third-order valence-electron chi connectivity index (χ3n) is 3.21. The second-order valence-electron chi connectivity index (χ2n) is 4.72. The van der Waals surface area contributed by atoms with Crippen molar-refractivity contribution in [1.29, 1.82) is 0 Å². The van der Waals surface area contributed by atoms with E-state index in [1.54, 1.807) is 0 Å². The number of aryl methyl sites for hydroxylation is 1. The van der Waals surface area contributed by atoms with Gasteiger partial charge >= 0.3 is 0 Å². The van der Waals surface area contributed by atoms with Gasteiger partial charge in [0.25, 0.3) is 0 Å². The number of para-hydroxylation sites is 1. The van der Waals surface area contributed by atoms with Gasteiger partial charge in [-0.1, -0.05) is 18.2 Å². The number of hydrogen-bond donors (Lipinski definition) is 1. The van der Waals surface area contributed by atoms with Gasteiger partial charge in [-0.2, -0.15) is 0 Å². The molecule has 3 nitrogen and oxygen atoms in total. The van der Waals surface area contributed by atoms with Gasteiger partial charge in [-0.15, -0.1) is 0 Å². The molecule has 0 bridgehead atoms. The highest BCUT2D eigenvalue weighted by atomic mass is 16.5. The van der Waals surface area contributed by atoms with Gasteiger partial charge in [0.2, 0.25) is 0 Å². The topological polar surface area (TPSA) is 24.5 Å². The quantitative estimate of drug-likeness (QED) is 0.863. The lowest BCUT2D eigenvalue weighted by Crippen LogP contribution is -2.43. The minimum atomic E-state index is 0.377. The standard InChI is InChI=1S/C14H22N2O/c1-12-5-3-4-6-14(12)15-7-8-16-9-10-17-13(2)11-16/h3-6,13,15H,7-11H2,1-2H3. The SMILES string of the molecule is Cc1ccccc1NCCN1CCOC(C)C1. The number of morpholine rings is 1. The lowest BCUT2D eigenvalue weighted by molar-refractivity contribution is -0.0166. The van der Waals surface area contributed by atoms with Crippen molar-refractivity contribution in [3.8, 4) is 0 Å². The Bertz CT molecular complexity index is 354. The number of nitrogens with one attached hydrogen (secondary N) is 1. The maximum atomic E-state index is 5.53. The number of hydrogen-bond acceptors (Lipinski definition) is 3. The number of rotatable bonds is 4. The molecule has 1 N–H and O–H groups in total. The van der Waals surface area contributed by atoms with Gasteiger partial charge in [-0.3, -0.25) is 4.90 Å². The van der Waals surface area contributed by atoms with Gasteiger partial charge in [0, 0.05) is 31.9 Å². The first-order chi connectivity index (χ1) is 8.25. The molecule has 0 spiro atoms. The van der Waals surface area contributed by atoms with Crippen molar-refractivity contribution >= 4 is 5.69 Å². The summed E-state index contributed by atoms with van der Waals surface area (Å²) in [6, 6.07) is 8.42. The molecule has 1 saturated heterocycles. The van der Waals surface area contributed by atoms with Crippen LogP contribution in [-0.2, 0) is 4.74 Å². The second-order valence-corrected chi connectivity index (χ2v) is 4.72. The van der Waals surface area contributed by atoms with Crippen molar-refractivity contribution in [3.63, 3.8) is 0 Å². The molecule has 1 fully saturated rings. The van der Waals surface area contributed by atoms with Crippen LogP contribution in [0.25, 0.3) is 0 Å². The first-order valence-electron chi connectivity index (χ1n) is 6.39. The molecular formula is C14H22N2O. The summed E-state index contributed by atoms with van der Waals surface area (Å²) in [5.74, 6) is 0. The highest BCUT2D eigenvalue weighted by Gasteiger charge is 2.15. The largest absolute Gasteiger partial charge is 0.384 e. The van der Waals surface area contributed by atoms with Gasteiger partial charge in [-0.05, 0) is 25.5 Å². The summed E-state index contributed by atoms with van der Waals surface area (Å²) in [5.41, 5.74) is 2.55. The molecule has 1 unspecified atom stereocenters. The van der Waals surface area contributed by atoms with Crippen LogP contribution < -0.4 is 5.32 Å². The Morgan fingerprint density at radius 1 is 1.41 bits per heavy atom. The predicted molar refractivity (Wildman–Crippen MR) is 71.5 cm³/mol. The Hall–Kier alpha value is -1.06. The Kier molecular flexibility index (Phi) is 4.40. The molecule has 1 aromatic rings. The van der Waals surface area contributed by atoms with Gasteiger partial charge in [0.05, 0.1) is 12.7 Å². The summed E-state index contributed by atoms with van der Waals surface area (Å²) >= 11 is 0. The molecule has 1 aliphatic heterocycles. The van der Waals surface area contributed by atoms with Crippen molar-refractivity contribution in [2.75, 3.05) is 38.1 Å². The molecule has 0 amide bonds. The summed E-state index contributed by atoms with van der Waals surface area (Å²) in [5, 5.41) is 3.49. The minimum absolute atomic E-state index is 0.377. The Morgan fingerprint density at radius 2 is 2.24 bits per heavy atom. The summed E-state index contributed by atoms with van der Waals surface area (Å²) in [6.45, 7) is 9.33. The van der Waals surface area contributed by atoms with E-state index in [0.29, 0.717) is 6.10 Å². The zero-order valence-corrected chi connectivity index (χ0v) is 10.8. The third kappa shape index (κ3) is 3.72. The van der Waals surface area contributed by atoms with E-state index in [2.05, 4.69) is 48.3 Å². The molecule has 1 atom stereocenters. The molecule has 2 rings (SSSR count). The van der Waals surface area contributed by atoms with E-state index in [9.17, 15) is 0 Å². The Morgan fingerprint density at radius 3 is 3.00 bits per heavy atom. The fourth-order valence-electron chi connectivity index (χ4n) is 2.21. The van der Waals surface area contributed by atoms with Gasteiger partial charge in [0.1, 0.15) is 0 Å². The molecule has 0 radical (unpaired) electrons. The van der Waals surface area contributed by atoms with E-state index in [1.165, 1.54) is 11.3 Å². The van der Waals surface area contributed by atoms with Crippen LogP contribution in [0.5, 0.6) is 0 Å². The van der Waals surface area contributed by atoms with Crippen LogP contribution in [0.2, 0.25) is 0 Å². The summed E-state index contributed by atoms with van der Waals surface area (Å²) < 4.78 is 5.53. The van der Waals surface area contributed by atoms with E-state index < -0.39 is 0 Å². The molecule has 3 heteroatoms. The second kappa shape index (κ2) is 6.03. The zero-order valence-electron chi connectivity index (χ0n) is 10.8. The fraction of sp³-hybridized carbons (Fsp3) is 0.571. The maximum absolute atomic E-state index is 5.53. The van der Waals surface area contributed by atoms with Crippen LogP contribution in [0.4, 0.5) is 5.69 Å². The van der Waals surface area contributed by atoms with E-state index in [0.717, 1.165) is 32.8 Å². The third-order valence-corrected chi connectivity index (χ3v) is 3.21. The zero-order chi connectivity index (χ0) is 12.1. The molecule has 17 heavy (non-hydrogen) atoms. The predicted octanol–water partition coefficient (Wildman–Crippen LogP) is 2.13. The van der Waals surface area contributed by atoms with Crippen molar-refractivity contribution in [3.05, 3.63) is 29.8 Å². The van der Waals surface area contributed by atoms with Crippen molar-refractivity contribution in [2.24, 2.45) is 0 Å². The minimum Gasteiger partial charge on any atom is -0.384 e. The molecule has 1 aromatic carbocycles. The number of benzene rings is 1. The fourth-order valence-corrected chi connectivity index (χ4v) is 2.21. The molecular weight excluding hydrogens is 212 g/mol. The number of ether oxygens (including phenoxy) is 1. The smallest absolute Gasteiger partial charge is 0.0674 e. The first kappa shape index (κ1) is 12.4. The maximum Gasteiger partial charge on any atom is 0.0674 e. The normalized spacial score (nSPS) is 21.4. The first-order valence-corrected chi connectivity index (χ1v) is 6.39. The Balaban J connectivity index is 1.74. The average Bonchev–Trinajstić information content (AvgIpc) is 2.32. The molecule has 0 saturated carbocycles. The summed E-state index contributed by atoms with van der Waals surface area (Å²) in [6.07, 6.45) is 0.377. The van der Waals surface area contributed by atoms with Crippen LogP contribution >= 0.6 is 0 Å². The highest BCUT2D eigenvalue weighted by Crippen LogP contribution is 2.12. The van der Waals surface area contributed by atoms with E-state index in [1.807, 2.05) is 0 Å². The van der Waals surface area contributed by atoms with Crippen LogP contribution in [0.1, 0.15) is 12.5 Å². The lowest BCUT2D eigenvalue weighted by Gasteiger charge is -2.31.